The molecule has 3 rings (SSSR count). The predicted molar refractivity (Wildman–Crippen MR) is 96.6 cm³/mol. The van der Waals surface area contributed by atoms with Gasteiger partial charge in [0.2, 0.25) is 5.82 Å². The Morgan fingerprint density at radius 3 is 2.81 bits per heavy atom. The maximum atomic E-state index is 11.9. The molecule has 27 heavy (non-hydrogen) atoms. The van der Waals surface area contributed by atoms with Gasteiger partial charge in [0, 0.05) is 5.56 Å². The van der Waals surface area contributed by atoms with Crippen LogP contribution in [0.4, 0.5) is 5.00 Å². The molecule has 0 saturated carbocycles. The first-order chi connectivity index (χ1) is 13.0. The number of aryl methyl sites for hydroxylation is 1. The zero-order valence-electron chi connectivity index (χ0n) is 14.2. The molecule has 0 fully saturated rings. The molecule has 0 spiro atoms. The number of benzene rings is 1. The van der Waals surface area contributed by atoms with Crippen molar-refractivity contribution >= 4 is 28.2 Å². The third-order valence-electron chi connectivity index (χ3n) is 3.44. The van der Waals surface area contributed by atoms with Gasteiger partial charge in [-0.25, -0.2) is 4.79 Å². The van der Waals surface area contributed by atoms with Crippen LogP contribution in [0.2, 0.25) is 0 Å². The average molecular weight is 382 g/mol. The number of esters is 1. The molecule has 2 heterocycles. The van der Waals surface area contributed by atoms with E-state index in [1.54, 1.807) is 11.4 Å². The predicted octanol–water partition coefficient (Wildman–Crippen LogP) is 1.76. The molecule has 1 amide bonds. The summed E-state index contributed by atoms with van der Waals surface area (Å²) in [5, 5.41) is 25.3. The van der Waals surface area contributed by atoms with E-state index < -0.39 is 18.5 Å². The maximum Gasteiger partial charge on any atom is 0.330 e. The molecule has 10 heteroatoms. The third kappa shape index (κ3) is 4.74. The van der Waals surface area contributed by atoms with Crippen LogP contribution in [0, 0.1) is 18.3 Å². The van der Waals surface area contributed by atoms with Crippen molar-refractivity contribution in [1.82, 2.24) is 20.2 Å². The average Bonchev–Trinajstić information content (AvgIpc) is 3.30. The minimum atomic E-state index is -0.676. The van der Waals surface area contributed by atoms with Crippen LogP contribution in [0.25, 0.3) is 11.4 Å². The molecule has 0 unspecified atom stereocenters. The maximum absolute atomic E-state index is 11.9. The summed E-state index contributed by atoms with van der Waals surface area (Å²) in [5.41, 5.74) is 2.25. The number of nitrogens with zero attached hydrogens (tertiary/aromatic N) is 5. The van der Waals surface area contributed by atoms with E-state index >= 15 is 0 Å². The van der Waals surface area contributed by atoms with Crippen LogP contribution in [0.15, 0.2) is 35.7 Å². The van der Waals surface area contributed by atoms with Crippen molar-refractivity contribution in [3.63, 3.8) is 0 Å². The van der Waals surface area contributed by atoms with Gasteiger partial charge in [0.15, 0.2) is 13.2 Å². The zero-order chi connectivity index (χ0) is 19.2. The highest BCUT2D eigenvalue weighted by Crippen LogP contribution is 2.21. The molecular formula is C17H14N6O3S. The van der Waals surface area contributed by atoms with Crippen molar-refractivity contribution in [2.45, 2.75) is 13.5 Å². The minimum absolute atomic E-state index is 0.269. The molecule has 9 nitrogen and oxygen atoms in total. The molecular weight excluding hydrogens is 368 g/mol. The van der Waals surface area contributed by atoms with Crippen LogP contribution in [0.5, 0.6) is 0 Å². The van der Waals surface area contributed by atoms with E-state index in [2.05, 4.69) is 20.7 Å². The van der Waals surface area contributed by atoms with E-state index in [9.17, 15) is 9.59 Å². The number of carbonyl (C=O) groups is 2. The quantitative estimate of drug-likeness (QED) is 0.644. The number of thiophene rings is 1. The number of amides is 1. The molecule has 0 bridgehead atoms. The standard InChI is InChI=1S/C17H14N6O3S/c1-11-2-4-12(5-3-11)16-20-22-23(21-16)9-15(25)26-10-14(24)19-17-13(8-18)6-7-27-17/h2-7H,9-10H2,1H3,(H,19,24). The number of ether oxygens (including phenoxy) is 1. The second-order valence-corrected chi connectivity index (χ2v) is 6.41. The monoisotopic (exact) mass is 382 g/mol. The first kappa shape index (κ1) is 18.2. The van der Waals surface area contributed by atoms with Crippen molar-refractivity contribution in [3.05, 3.63) is 46.8 Å². The van der Waals surface area contributed by atoms with Gasteiger partial charge >= 0.3 is 5.97 Å². The molecule has 1 aromatic carbocycles. The summed E-state index contributed by atoms with van der Waals surface area (Å²) in [7, 11) is 0. The summed E-state index contributed by atoms with van der Waals surface area (Å²) < 4.78 is 4.90. The van der Waals surface area contributed by atoms with Crippen molar-refractivity contribution in [3.8, 4) is 17.5 Å². The van der Waals surface area contributed by atoms with Gasteiger partial charge in [-0.15, -0.1) is 21.5 Å². The Balaban J connectivity index is 1.50. The van der Waals surface area contributed by atoms with E-state index in [0.717, 1.165) is 15.9 Å². The fraction of sp³-hybridized carbons (Fsp3) is 0.176. The Morgan fingerprint density at radius 1 is 1.30 bits per heavy atom. The largest absolute Gasteiger partial charge is 0.454 e. The molecule has 0 aliphatic heterocycles. The van der Waals surface area contributed by atoms with E-state index in [-0.39, 0.29) is 6.54 Å². The van der Waals surface area contributed by atoms with Crippen LogP contribution >= 0.6 is 11.3 Å². The SMILES string of the molecule is Cc1ccc(-c2nnn(CC(=O)OCC(=O)Nc3sccc3C#N)n2)cc1. The number of nitriles is 1. The lowest BCUT2D eigenvalue weighted by Gasteiger charge is -2.05. The third-order valence-corrected chi connectivity index (χ3v) is 4.27. The molecule has 0 aliphatic rings. The van der Waals surface area contributed by atoms with E-state index in [4.69, 9.17) is 10.00 Å². The molecule has 0 radical (unpaired) electrons. The molecule has 3 aromatic rings. The van der Waals surface area contributed by atoms with Gasteiger partial charge in [0.1, 0.15) is 11.1 Å². The van der Waals surface area contributed by atoms with Crippen molar-refractivity contribution < 1.29 is 14.3 Å². The Morgan fingerprint density at radius 2 is 2.07 bits per heavy atom. The topological polar surface area (TPSA) is 123 Å². The van der Waals surface area contributed by atoms with Gasteiger partial charge in [-0.2, -0.15) is 10.1 Å². The van der Waals surface area contributed by atoms with E-state index in [0.29, 0.717) is 16.4 Å². The molecule has 1 N–H and O–H groups in total. The lowest BCUT2D eigenvalue weighted by atomic mass is 10.1. The fourth-order valence-electron chi connectivity index (χ4n) is 2.09. The number of carbonyl (C=O) groups excluding carboxylic acids is 2. The second kappa shape index (κ2) is 8.20. The highest BCUT2D eigenvalue weighted by atomic mass is 32.1. The summed E-state index contributed by atoms with van der Waals surface area (Å²) in [6, 6.07) is 11.1. The number of hydrogen-bond donors (Lipinski definition) is 1. The summed E-state index contributed by atoms with van der Waals surface area (Å²) in [6.45, 7) is 1.23. The number of hydrogen-bond acceptors (Lipinski definition) is 8. The summed E-state index contributed by atoms with van der Waals surface area (Å²) in [5.74, 6) is -0.818. The van der Waals surface area contributed by atoms with Crippen LogP contribution in [0.3, 0.4) is 0 Å². The number of nitrogens with one attached hydrogen (secondary N) is 1. The zero-order valence-corrected chi connectivity index (χ0v) is 15.1. The van der Waals surface area contributed by atoms with E-state index in [1.165, 1.54) is 11.3 Å². The van der Waals surface area contributed by atoms with Crippen molar-refractivity contribution in [2.75, 3.05) is 11.9 Å². The van der Waals surface area contributed by atoms with Crippen LogP contribution in [0.1, 0.15) is 11.1 Å². The second-order valence-electron chi connectivity index (χ2n) is 5.49. The van der Waals surface area contributed by atoms with Gasteiger partial charge < -0.3 is 10.1 Å². The first-order valence-corrected chi connectivity index (χ1v) is 8.71. The van der Waals surface area contributed by atoms with Gasteiger partial charge in [-0.3, -0.25) is 4.79 Å². The van der Waals surface area contributed by atoms with Gasteiger partial charge in [-0.1, -0.05) is 29.8 Å². The fourth-order valence-corrected chi connectivity index (χ4v) is 2.85. The smallest absolute Gasteiger partial charge is 0.330 e. The Bertz CT molecular complexity index is 1000. The number of tetrazole rings is 1. The Kier molecular flexibility index (Phi) is 5.53. The van der Waals surface area contributed by atoms with E-state index in [1.807, 2.05) is 37.3 Å². The molecule has 0 saturated heterocycles. The van der Waals surface area contributed by atoms with Crippen LogP contribution in [-0.2, 0) is 20.9 Å². The molecule has 0 aliphatic carbocycles. The lowest BCUT2D eigenvalue weighted by molar-refractivity contribution is -0.148. The van der Waals surface area contributed by atoms with Crippen molar-refractivity contribution in [2.24, 2.45) is 0 Å². The molecule has 136 valence electrons. The normalized spacial score (nSPS) is 10.2. The van der Waals surface area contributed by atoms with Gasteiger partial charge in [-0.05, 0) is 23.6 Å². The van der Waals surface area contributed by atoms with Crippen LogP contribution < -0.4 is 5.32 Å². The number of aromatic nitrogens is 4. The number of anilines is 1. The van der Waals surface area contributed by atoms with Crippen LogP contribution in [-0.4, -0.2) is 38.7 Å². The first-order valence-electron chi connectivity index (χ1n) is 7.83. The number of rotatable bonds is 6. The molecule has 2 aromatic heterocycles. The van der Waals surface area contributed by atoms with Crippen molar-refractivity contribution in [1.29, 1.82) is 5.26 Å². The Hall–Kier alpha value is -3.58. The highest BCUT2D eigenvalue weighted by molar-refractivity contribution is 7.14. The van der Waals surface area contributed by atoms with Gasteiger partial charge in [0.25, 0.3) is 5.91 Å². The Labute approximate surface area is 158 Å². The minimum Gasteiger partial charge on any atom is -0.454 e. The highest BCUT2D eigenvalue weighted by Gasteiger charge is 2.13. The van der Waals surface area contributed by atoms with Gasteiger partial charge in [0.05, 0.1) is 5.56 Å². The summed E-state index contributed by atoms with van der Waals surface area (Å²) >= 11 is 1.21. The molecule has 0 atom stereocenters. The lowest BCUT2D eigenvalue weighted by Crippen LogP contribution is -2.23. The summed E-state index contributed by atoms with van der Waals surface area (Å²) in [6.07, 6.45) is 0. The summed E-state index contributed by atoms with van der Waals surface area (Å²) in [4.78, 5) is 24.8.